The fourth-order valence-corrected chi connectivity index (χ4v) is 7.70. The van der Waals surface area contributed by atoms with Crippen LogP contribution in [0.2, 0.25) is 0 Å². The SMILES string of the molecule is N#Cc1ccc(-n2c3ccccc3c3cc(-c4ccc5c(c4)c4ccccc4n5-c4cc(-c5ccccc5)cc(-c5ccccc5)n4)ccc32)cc1. The zero-order valence-corrected chi connectivity index (χ0v) is 28.1. The number of fused-ring (bicyclic) bond motifs is 6. The third-order valence-corrected chi connectivity index (χ3v) is 10.2. The van der Waals surface area contributed by atoms with Crippen molar-refractivity contribution in [2.45, 2.75) is 0 Å². The first-order valence-corrected chi connectivity index (χ1v) is 17.4. The summed E-state index contributed by atoms with van der Waals surface area (Å²) >= 11 is 0. The van der Waals surface area contributed by atoms with Crippen LogP contribution in [0.5, 0.6) is 0 Å². The molecule has 0 unspecified atom stereocenters. The molecule has 0 N–H and O–H groups in total. The molecule has 52 heavy (non-hydrogen) atoms. The van der Waals surface area contributed by atoms with Gasteiger partial charge in [0.1, 0.15) is 5.82 Å². The van der Waals surface area contributed by atoms with Crippen molar-refractivity contribution in [2.24, 2.45) is 0 Å². The lowest BCUT2D eigenvalue weighted by Crippen LogP contribution is -2.00. The predicted octanol–water partition coefficient (Wildman–Crippen LogP) is 12.1. The van der Waals surface area contributed by atoms with Gasteiger partial charge in [-0.2, -0.15) is 5.26 Å². The molecule has 10 rings (SSSR count). The molecule has 0 atom stereocenters. The lowest BCUT2D eigenvalue weighted by molar-refractivity contribution is 1.08. The van der Waals surface area contributed by atoms with Crippen molar-refractivity contribution in [1.82, 2.24) is 14.1 Å². The maximum atomic E-state index is 9.37. The van der Waals surface area contributed by atoms with E-state index in [4.69, 9.17) is 4.98 Å². The van der Waals surface area contributed by atoms with Crippen LogP contribution in [-0.4, -0.2) is 14.1 Å². The first-order chi connectivity index (χ1) is 25.7. The number of hydrogen-bond acceptors (Lipinski definition) is 2. The zero-order chi connectivity index (χ0) is 34.6. The van der Waals surface area contributed by atoms with Crippen LogP contribution in [0.1, 0.15) is 5.56 Å². The largest absolute Gasteiger partial charge is 0.309 e. The van der Waals surface area contributed by atoms with Crippen molar-refractivity contribution < 1.29 is 0 Å². The fourth-order valence-electron chi connectivity index (χ4n) is 7.70. The Morgan fingerprint density at radius 1 is 0.385 bits per heavy atom. The van der Waals surface area contributed by atoms with Gasteiger partial charge in [0.15, 0.2) is 0 Å². The molecule has 0 amide bonds. The van der Waals surface area contributed by atoms with E-state index in [0.29, 0.717) is 5.56 Å². The van der Waals surface area contributed by atoms with Crippen LogP contribution in [0.25, 0.3) is 88.6 Å². The van der Waals surface area contributed by atoms with Gasteiger partial charge in [0.05, 0.1) is 39.4 Å². The molecule has 0 aliphatic heterocycles. The number of para-hydroxylation sites is 2. The Morgan fingerprint density at radius 3 is 1.52 bits per heavy atom. The molecule has 3 heterocycles. The average molecular weight is 663 g/mol. The standard InChI is InChI=1S/C48H30N4/c49-31-32-19-23-38(24-20-32)51-44-17-9-7-15-39(44)41-27-35(21-25-46(41)51)36-22-26-47-42(28-36)40-16-8-10-18-45(40)52(47)48-30-37(33-11-3-1-4-12-33)29-43(50-48)34-13-5-2-6-14-34/h1-30H. The van der Waals surface area contributed by atoms with E-state index in [-0.39, 0.29) is 0 Å². The Labute approximate surface area is 300 Å². The van der Waals surface area contributed by atoms with Crippen molar-refractivity contribution in [3.05, 3.63) is 188 Å². The minimum Gasteiger partial charge on any atom is -0.309 e. The Hall–Kier alpha value is -7.22. The van der Waals surface area contributed by atoms with Crippen molar-refractivity contribution in [2.75, 3.05) is 0 Å². The molecule has 0 bridgehead atoms. The van der Waals surface area contributed by atoms with Crippen LogP contribution in [-0.2, 0) is 0 Å². The van der Waals surface area contributed by atoms with Gasteiger partial charge in [-0.15, -0.1) is 0 Å². The molecular weight excluding hydrogens is 633 g/mol. The van der Waals surface area contributed by atoms with Gasteiger partial charge < -0.3 is 4.57 Å². The number of pyridine rings is 1. The number of rotatable bonds is 5. The van der Waals surface area contributed by atoms with E-state index >= 15 is 0 Å². The third-order valence-electron chi connectivity index (χ3n) is 10.2. The highest BCUT2D eigenvalue weighted by molar-refractivity contribution is 6.12. The summed E-state index contributed by atoms with van der Waals surface area (Å²) in [7, 11) is 0. The minimum absolute atomic E-state index is 0.653. The van der Waals surface area contributed by atoms with Gasteiger partial charge in [-0.05, 0) is 95.1 Å². The molecule has 4 heteroatoms. The second-order valence-electron chi connectivity index (χ2n) is 13.2. The lowest BCUT2D eigenvalue weighted by Gasteiger charge is -2.13. The van der Waals surface area contributed by atoms with Gasteiger partial charge in [0.25, 0.3) is 0 Å². The van der Waals surface area contributed by atoms with Gasteiger partial charge in [-0.3, -0.25) is 4.57 Å². The topological polar surface area (TPSA) is 46.5 Å². The summed E-state index contributed by atoms with van der Waals surface area (Å²) in [5, 5.41) is 14.1. The van der Waals surface area contributed by atoms with E-state index in [2.05, 4.69) is 167 Å². The molecule has 0 spiro atoms. The second-order valence-corrected chi connectivity index (χ2v) is 13.2. The van der Waals surface area contributed by atoms with Gasteiger partial charge in [0, 0.05) is 32.8 Å². The first-order valence-electron chi connectivity index (χ1n) is 17.4. The number of nitriles is 1. The van der Waals surface area contributed by atoms with Crippen LogP contribution in [0.15, 0.2) is 182 Å². The Balaban J connectivity index is 1.16. The molecule has 7 aromatic carbocycles. The van der Waals surface area contributed by atoms with Crippen LogP contribution in [0, 0.1) is 11.3 Å². The molecule has 0 saturated heterocycles. The van der Waals surface area contributed by atoms with E-state index in [1.165, 1.54) is 21.5 Å². The molecule has 0 saturated carbocycles. The number of benzene rings is 7. The zero-order valence-electron chi connectivity index (χ0n) is 28.1. The molecule has 0 aliphatic rings. The summed E-state index contributed by atoms with van der Waals surface area (Å²) in [6.07, 6.45) is 0. The molecule has 3 aromatic heterocycles. The lowest BCUT2D eigenvalue weighted by atomic mass is 10.0. The van der Waals surface area contributed by atoms with Crippen LogP contribution < -0.4 is 0 Å². The van der Waals surface area contributed by atoms with Gasteiger partial charge in [0.2, 0.25) is 0 Å². The van der Waals surface area contributed by atoms with Crippen LogP contribution >= 0.6 is 0 Å². The average Bonchev–Trinajstić information content (AvgIpc) is 3.73. The summed E-state index contributed by atoms with van der Waals surface area (Å²) in [5.41, 5.74) is 12.8. The molecule has 0 aliphatic carbocycles. The normalized spacial score (nSPS) is 11.4. The fraction of sp³-hybridized carbons (Fsp3) is 0. The summed E-state index contributed by atoms with van der Waals surface area (Å²) in [5.74, 6) is 0.885. The van der Waals surface area contributed by atoms with Crippen molar-refractivity contribution in [3.63, 3.8) is 0 Å². The minimum atomic E-state index is 0.653. The first kappa shape index (κ1) is 29.7. The highest BCUT2D eigenvalue weighted by Crippen LogP contribution is 2.39. The predicted molar refractivity (Wildman–Crippen MR) is 214 cm³/mol. The second kappa shape index (κ2) is 12.0. The summed E-state index contributed by atoms with van der Waals surface area (Å²) < 4.78 is 4.59. The van der Waals surface area contributed by atoms with Gasteiger partial charge >= 0.3 is 0 Å². The maximum Gasteiger partial charge on any atom is 0.138 e. The van der Waals surface area contributed by atoms with Gasteiger partial charge in [-0.1, -0.05) is 109 Å². The van der Waals surface area contributed by atoms with E-state index in [9.17, 15) is 5.26 Å². The van der Waals surface area contributed by atoms with Crippen molar-refractivity contribution in [3.8, 4) is 51.1 Å². The molecule has 0 radical (unpaired) electrons. The Morgan fingerprint density at radius 2 is 0.904 bits per heavy atom. The van der Waals surface area contributed by atoms with E-state index in [1.54, 1.807) is 0 Å². The molecular formula is C48H30N4. The molecule has 0 fully saturated rings. The number of aromatic nitrogens is 3. The number of hydrogen-bond donors (Lipinski definition) is 0. The van der Waals surface area contributed by atoms with E-state index < -0.39 is 0 Å². The molecule has 4 nitrogen and oxygen atoms in total. The maximum absolute atomic E-state index is 9.37. The van der Waals surface area contributed by atoms with Crippen LogP contribution in [0.4, 0.5) is 0 Å². The van der Waals surface area contributed by atoms with Crippen molar-refractivity contribution in [1.29, 1.82) is 5.26 Å². The highest BCUT2D eigenvalue weighted by Gasteiger charge is 2.18. The van der Waals surface area contributed by atoms with E-state index in [1.807, 2.05) is 30.3 Å². The summed E-state index contributed by atoms with van der Waals surface area (Å²) in [6.45, 7) is 0. The molecule has 242 valence electrons. The summed E-state index contributed by atoms with van der Waals surface area (Å²) in [4.78, 5) is 5.30. The quantitative estimate of drug-likeness (QED) is 0.184. The number of nitrogens with zero attached hydrogens (tertiary/aromatic N) is 4. The third kappa shape index (κ3) is 4.80. The van der Waals surface area contributed by atoms with Crippen LogP contribution in [0.3, 0.4) is 0 Å². The smallest absolute Gasteiger partial charge is 0.138 e. The monoisotopic (exact) mass is 662 g/mol. The Bertz CT molecular complexity index is 2940. The molecule has 10 aromatic rings. The summed E-state index contributed by atoms with van der Waals surface area (Å²) in [6, 6.07) is 66.1. The van der Waals surface area contributed by atoms with E-state index in [0.717, 1.165) is 67.1 Å². The highest BCUT2D eigenvalue weighted by atomic mass is 15.1. The van der Waals surface area contributed by atoms with Gasteiger partial charge in [-0.25, -0.2) is 4.98 Å². The Kier molecular flexibility index (Phi) is 6.84. The van der Waals surface area contributed by atoms with Crippen molar-refractivity contribution >= 4 is 43.6 Å².